The van der Waals surface area contributed by atoms with Crippen LogP contribution in [0.3, 0.4) is 0 Å². The van der Waals surface area contributed by atoms with Gasteiger partial charge in [-0.25, -0.2) is 0 Å². The average molecular weight is 288 g/mol. The van der Waals surface area contributed by atoms with Gasteiger partial charge >= 0.3 is 0 Å². The Morgan fingerprint density at radius 2 is 1.10 bits per heavy atom. The van der Waals surface area contributed by atoms with Crippen molar-refractivity contribution in [1.29, 1.82) is 0 Å². The summed E-state index contributed by atoms with van der Waals surface area (Å²) in [4.78, 5) is 0. The van der Waals surface area contributed by atoms with Crippen LogP contribution in [-0.4, -0.2) is 0 Å². The molecule has 0 bridgehead atoms. The van der Waals surface area contributed by atoms with Gasteiger partial charge in [0.15, 0.2) is 0 Å². The number of benzene rings is 3. The lowest BCUT2D eigenvalue weighted by Crippen LogP contribution is -2.02. The SMILES string of the molecule is C(=C\c1cccc(Pc2ccccc2)c1)/c1ccccc1. The van der Waals surface area contributed by atoms with Gasteiger partial charge in [0.05, 0.1) is 0 Å². The molecule has 0 amide bonds. The van der Waals surface area contributed by atoms with Crippen molar-refractivity contribution in [2.45, 2.75) is 0 Å². The van der Waals surface area contributed by atoms with Crippen molar-refractivity contribution in [3.05, 3.63) is 96.1 Å². The molecule has 3 rings (SSSR count). The number of rotatable bonds is 4. The van der Waals surface area contributed by atoms with Crippen molar-refractivity contribution in [3.8, 4) is 0 Å². The van der Waals surface area contributed by atoms with Gasteiger partial charge in [-0.3, -0.25) is 0 Å². The van der Waals surface area contributed by atoms with Crippen LogP contribution in [0.5, 0.6) is 0 Å². The maximum absolute atomic E-state index is 2.27. The number of hydrogen-bond acceptors (Lipinski definition) is 0. The quantitative estimate of drug-likeness (QED) is 0.490. The second-order valence-corrected chi connectivity index (χ2v) is 6.27. The third-order valence-electron chi connectivity index (χ3n) is 3.22. The highest BCUT2D eigenvalue weighted by Gasteiger charge is 1.96. The monoisotopic (exact) mass is 288 g/mol. The van der Waals surface area contributed by atoms with E-state index in [9.17, 15) is 0 Å². The molecule has 102 valence electrons. The Kier molecular flexibility index (Phi) is 4.61. The van der Waals surface area contributed by atoms with Crippen LogP contribution in [0.4, 0.5) is 0 Å². The molecule has 1 heteroatoms. The van der Waals surface area contributed by atoms with Crippen LogP contribution < -0.4 is 10.6 Å². The predicted molar refractivity (Wildman–Crippen MR) is 95.8 cm³/mol. The smallest absolute Gasteiger partial charge is 0.0220 e. The van der Waals surface area contributed by atoms with Gasteiger partial charge in [0.25, 0.3) is 0 Å². The highest BCUT2D eigenvalue weighted by molar-refractivity contribution is 7.55. The van der Waals surface area contributed by atoms with E-state index in [4.69, 9.17) is 0 Å². The van der Waals surface area contributed by atoms with E-state index in [-0.39, 0.29) is 0 Å². The molecular weight excluding hydrogens is 271 g/mol. The second kappa shape index (κ2) is 7.02. The van der Waals surface area contributed by atoms with Crippen LogP contribution in [-0.2, 0) is 0 Å². The largest absolute Gasteiger partial charge is 0.0622 e. The van der Waals surface area contributed by atoms with Gasteiger partial charge in [-0.1, -0.05) is 99.6 Å². The van der Waals surface area contributed by atoms with E-state index >= 15 is 0 Å². The van der Waals surface area contributed by atoms with Gasteiger partial charge in [-0.15, -0.1) is 0 Å². The summed E-state index contributed by atoms with van der Waals surface area (Å²) in [6.45, 7) is 0. The first-order valence-corrected chi connectivity index (χ1v) is 8.05. The maximum Gasteiger partial charge on any atom is -0.0220 e. The van der Waals surface area contributed by atoms with Crippen molar-refractivity contribution in [2.24, 2.45) is 0 Å². The Labute approximate surface area is 128 Å². The Morgan fingerprint density at radius 3 is 1.86 bits per heavy atom. The normalized spacial score (nSPS) is 11.4. The maximum atomic E-state index is 2.27. The van der Waals surface area contributed by atoms with Crippen LogP contribution in [0.15, 0.2) is 84.9 Å². The fourth-order valence-corrected chi connectivity index (χ4v) is 3.28. The first kappa shape index (κ1) is 13.8. The fraction of sp³-hybridized carbons (Fsp3) is 0. The lowest BCUT2D eigenvalue weighted by Gasteiger charge is -2.03. The molecule has 3 aromatic carbocycles. The van der Waals surface area contributed by atoms with Gasteiger partial charge in [-0.2, -0.15) is 0 Å². The minimum absolute atomic E-state index is 0.710. The summed E-state index contributed by atoms with van der Waals surface area (Å²) in [6, 6.07) is 29.8. The van der Waals surface area contributed by atoms with Gasteiger partial charge in [0.2, 0.25) is 0 Å². The summed E-state index contributed by atoms with van der Waals surface area (Å²) < 4.78 is 0. The zero-order valence-corrected chi connectivity index (χ0v) is 12.7. The van der Waals surface area contributed by atoms with E-state index in [0.29, 0.717) is 8.58 Å². The molecule has 0 aliphatic rings. The predicted octanol–water partition coefficient (Wildman–Crippen LogP) is 4.49. The van der Waals surface area contributed by atoms with Crippen molar-refractivity contribution in [3.63, 3.8) is 0 Å². The molecule has 0 aliphatic heterocycles. The summed E-state index contributed by atoms with van der Waals surface area (Å²) in [6.07, 6.45) is 4.33. The summed E-state index contributed by atoms with van der Waals surface area (Å²) in [5.74, 6) is 0. The van der Waals surface area contributed by atoms with Gasteiger partial charge < -0.3 is 0 Å². The fourth-order valence-electron chi connectivity index (χ4n) is 2.16. The van der Waals surface area contributed by atoms with E-state index in [1.807, 2.05) is 6.07 Å². The van der Waals surface area contributed by atoms with Crippen LogP contribution in [0.1, 0.15) is 11.1 Å². The summed E-state index contributed by atoms with van der Waals surface area (Å²) in [5.41, 5.74) is 2.48. The zero-order valence-electron chi connectivity index (χ0n) is 11.7. The molecule has 0 nitrogen and oxygen atoms in total. The zero-order chi connectivity index (χ0) is 14.3. The molecule has 21 heavy (non-hydrogen) atoms. The minimum atomic E-state index is 0.710. The molecule has 0 aliphatic carbocycles. The Hall–Kier alpha value is -2.17. The molecule has 3 aromatic rings. The van der Waals surface area contributed by atoms with Crippen LogP contribution in [0.25, 0.3) is 12.2 Å². The van der Waals surface area contributed by atoms with E-state index in [0.717, 1.165) is 0 Å². The summed E-state index contributed by atoms with van der Waals surface area (Å²) >= 11 is 0. The van der Waals surface area contributed by atoms with Gasteiger partial charge in [0.1, 0.15) is 0 Å². The minimum Gasteiger partial charge on any atom is -0.0622 e. The first-order valence-electron chi connectivity index (χ1n) is 7.05. The molecule has 0 saturated heterocycles. The van der Waals surface area contributed by atoms with Crippen molar-refractivity contribution < 1.29 is 0 Å². The highest BCUT2D eigenvalue weighted by atomic mass is 31.1. The second-order valence-electron chi connectivity index (χ2n) is 4.86. The van der Waals surface area contributed by atoms with Gasteiger partial charge in [0, 0.05) is 0 Å². The third kappa shape index (κ3) is 4.15. The van der Waals surface area contributed by atoms with E-state index in [1.165, 1.54) is 21.7 Å². The van der Waals surface area contributed by atoms with Crippen molar-refractivity contribution in [2.75, 3.05) is 0 Å². The van der Waals surface area contributed by atoms with Crippen LogP contribution >= 0.6 is 8.58 Å². The van der Waals surface area contributed by atoms with Crippen LogP contribution in [0.2, 0.25) is 0 Å². The molecule has 0 heterocycles. The van der Waals surface area contributed by atoms with Gasteiger partial charge in [-0.05, 0) is 27.8 Å². The third-order valence-corrected chi connectivity index (χ3v) is 4.44. The molecule has 0 saturated carbocycles. The molecule has 1 atom stereocenters. The molecule has 0 spiro atoms. The summed E-state index contributed by atoms with van der Waals surface area (Å²) in [5, 5.41) is 2.75. The molecule has 0 radical (unpaired) electrons. The Morgan fingerprint density at radius 1 is 0.524 bits per heavy atom. The number of hydrogen-bond donors (Lipinski definition) is 0. The first-order chi connectivity index (χ1) is 10.4. The summed E-state index contributed by atoms with van der Waals surface area (Å²) in [7, 11) is 0.710. The highest BCUT2D eigenvalue weighted by Crippen LogP contribution is 2.13. The van der Waals surface area contributed by atoms with E-state index < -0.39 is 0 Å². The Balaban J connectivity index is 1.76. The lowest BCUT2D eigenvalue weighted by atomic mass is 10.1. The van der Waals surface area contributed by atoms with E-state index in [1.54, 1.807) is 0 Å². The van der Waals surface area contributed by atoms with Crippen molar-refractivity contribution in [1.82, 2.24) is 0 Å². The lowest BCUT2D eigenvalue weighted by molar-refractivity contribution is 1.66. The molecule has 0 aromatic heterocycles. The molecular formula is C20H17P. The topological polar surface area (TPSA) is 0 Å². The molecule has 0 fully saturated rings. The molecule has 1 unspecified atom stereocenters. The van der Waals surface area contributed by atoms with Crippen LogP contribution in [0, 0.1) is 0 Å². The van der Waals surface area contributed by atoms with Crippen molar-refractivity contribution >= 4 is 31.3 Å². The molecule has 0 N–H and O–H groups in total. The Bertz CT molecular complexity index is 715. The standard InChI is InChI=1S/C20H17P/c1-3-8-17(9-4-1)14-15-18-10-7-13-20(16-18)21-19-11-5-2-6-12-19/h1-16,21H/b15-14+. The average Bonchev–Trinajstić information content (AvgIpc) is 2.55. The van der Waals surface area contributed by atoms with E-state index in [2.05, 4.69) is 91.0 Å².